The van der Waals surface area contributed by atoms with Gasteiger partial charge in [-0.1, -0.05) is 72.9 Å². The first kappa shape index (κ1) is 32.2. The molecule has 0 bridgehead atoms. The second-order valence-electron chi connectivity index (χ2n) is 10.1. The molecule has 0 fully saturated rings. The molecule has 220 valence electrons. The molecular formula is C30H35Cl2N3O5S. The van der Waals surface area contributed by atoms with Gasteiger partial charge in [-0.3, -0.25) is 13.9 Å². The average molecular weight is 621 g/mol. The number of hydrogen-bond donors (Lipinski definition) is 1. The third kappa shape index (κ3) is 8.15. The maximum Gasteiger partial charge on any atom is 0.264 e. The number of nitrogens with zero attached hydrogens (tertiary/aromatic N) is 2. The second kappa shape index (κ2) is 14.1. The van der Waals surface area contributed by atoms with Crippen LogP contribution in [0.1, 0.15) is 31.9 Å². The Morgan fingerprint density at radius 1 is 0.976 bits per heavy atom. The predicted molar refractivity (Wildman–Crippen MR) is 163 cm³/mol. The standard InChI is InChI=1S/C30H35Cl2N3O5S/c1-20(2)17-33-30(37)22(4)34(18-23-8-6-9-24(16-23)40-5)28(36)19-35(27-11-7-10-26(31)29(27)32)41(38,39)25-14-12-21(3)13-15-25/h6-16,20,22H,17-19H2,1-5H3,(H,33,37)/t22-/m1/s1. The molecule has 3 rings (SSSR count). The minimum Gasteiger partial charge on any atom is -0.497 e. The Morgan fingerprint density at radius 2 is 1.63 bits per heavy atom. The van der Waals surface area contributed by atoms with E-state index in [1.54, 1.807) is 49.4 Å². The van der Waals surface area contributed by atoms with Crippen LogP contribution in [0.3, 0.4) is 0 Å². The summed E-state index contributed by atoms with van der Waals surface area (Å²) in [6.07, 6.45) is 0. The summed E-state index contributed by atoms with van der Waals surface area (Å²) in [5, 5.41) is 2.98. The lowest BCUT2D eigenvalue weighted by Crippen LogP contribution is -2.51. The first-order valence-electron chi connectivity index (χ1n) is 13.1. The Kier molecular flexibility index (Phi) is 11.1. The summed E-state index contributed by atoms with van der Waals surface area (Å²) in [4.78, 5) is 28.5. The van der Waals surface area contributed by atoms with Gasteiger partial charge in [0.2, 0.25) is 11.8 Å². The minimum atomic E-state index is -4.27. The minimum absolute atomic E-state index is 0.0141. The monoisotopic (exact) mass is 619 g/mol. The van der Waals surface area contributed by atoms with Crippen LogP contribution < -0.4 is 14.4 Å². The summed E-state index contributed by atoms with van der Waals surface area (Å²) >= 11 is 12.7. The lowest BCUT2D eigenvalue weighted by Gasteiger charge is -2.32. The van der Waals surface area contributed by atoms with E-state index in [2.05, 4.69) is 5.32 Å². The van der Waals surface area contributed by atoms with E-state index in [4.69, 9.17) is 27.9 Å². The van der Waals surface area contributed by atoms with Gasteiger partial charge in [-0.05, 0) is 61.7 Å². The zero-order chi connectivity index (χ0) is 30.3. The number of aryl methyl sites for hydroxylation is 1. The van der Waals surface area contributed by atoms with Crippen molar-refractivity contribution in [2.24, 2.45) is 5.92 Å². The molecule has 41 heavy (non-hydrogen) atoms. The van der Waals surface area contributed by atoms with Crippen molar-refractivity contribution in [3.8, 4) is 5.75 Å². The maximum atomic E-state index is 14.0. The largest absolute Gasteiger partial charge is 0.497 e. The van der Waals surface area contributed by atoms with E-state index in [-0.39, 0.29) is 39.0 Å². The molecule has 3 aromatic rings. The van der Waals surface area contributed by atoms with Crippen molar-refractivity contribution in [1.29, 1.82) is 0 Å². The van der Waals surface area contributed by atoms with E-state index in [0.717, 1.165) is 9.87 Å². The third-order valence-corrected chi connectivity index (χ3v) is 9.01. The molecule has 1 N–H and O–H groups in total. The lowest BCUT2D eigenvalue weighted by atomic mass is 10.1. The van der Waals surface area contributed by atoms with E-state index in [1.807, 2.05) is 20.8 Å². The van der Waals surface area contributed by atoms with Gasteiger partial charge >= 0.3 is 0 Å². The highest BCUT2D eigenvalue weighted by Gasteiger charge is 2.33. The van der Waals surface area contributed by atoms with Crippen molar-refractivity contribution in [2.45, 2.75) is 45.2 Å². The summed E-state index contributed by atoms with van der Waals surface area (Å²) in [7, 11) is -2.73. The van der Waals surface area contributed by atoms with Gasteiger partial charge in [0.1, 0.15) is 18.3 Å². The number of carbonyl (C=O) groups excluding carboxylic acids is 2. The molecule has 0 heterocycles. The quantitative estimate of drug-likeness (QED) is 0.281. The Hall–Kier alpha value is -3.27. The van der Waals surface area contributed by atoms with Crippen LogP contribution in [0, 0.1) is 12.8 Å². The molecule has 0 spiro atoms. The van der Waals surface area contributed by atoms with Crippen molar-refractivity contribution < 1.29 is 22.7 Å². The Labute approximate surface area is 252 Å². The van der Waals surface area contributed by atoms with Gasteiger partial charge in [-0.15, -0.1) is 0 Å². The van der Waals surface area contributed by atoms with Crippen molar-refractivity contribution in [3.63, 3.8) is 0 Å². The van der Waals surface area contributed by atoms with E-state index in [1.165, 1.54) is 36.3 Å². The number of benzene rings is 3. The average Bonchev–Trinajstić information content (AvgIpc) is 2.94. The summed E-state index contributed by atoms with van der Waals surface area (Å²) in [5.74, 6) is -0.176. The number of nitrogens with one attached hydrogen (secondary N) is 1. The predicted octanol–water partition coefficient (Wildman–Crippen LogP) is 5.70. The fourth-order valence-electron chi connectivity index (χ4n) is 4.04. The highest BCUT2D eigenvalue weighted by Crippen LogP contribution is 2.35. The normalized spacial score (nSPS) is 12.1. The van der Waals surface area contributed by atoms with E-state index in [0.29, 0.717) is 17.9 Å². The maximum absolute atomic E-state index is 14.0. The summed E-state index contributed by atoms with van der Waals surface area (Å²) in [6, 6.07) is 17.0. The van der Waals surface area contributed by atoms with Crippen LogP contribution in [-0.4, -0.2) is 51.4 Å². The first-order chi connectivity index (χ1) is 19.3. The third-order valence-electron chi connectivity index (χ3n) is 6.43. The number of halogens is 2. The molecule has 3 aromatic carbocycles. The van der Waals surface area contributed by atoms with Crippen molar-refractivity contribution >= 4 is 50.7 Å². The van der Waals surface area contributed by atoms with Gasteiger partial charge in [-0.2, -0.15) is 0 Å². The highest BCUT2D eigenvalue weighted by molar-refractivity contribution is 7.92. The summed E-state index contributed by atoms with van der Waals surface area (Å²) in [5.41, 5.74) is 1.62. The number of sulfonamides is 1. The van der Waals surface area contributed by atoms with Gasteiger partial charge in [-0.25, -0.2) is 8.42 Å². The van der Waals surface area contributed by atoms with Gasteiger partial charge in [0.15, 0.2) is 0 Å². The van der Waals surface area contributed by atoms with Crippen molar-refractivity contribution in [3.05, 3.63) is 87.9 Å². The molecule has 0 radical (unpaired) electrons. The molecule has 0 saturated carbocycles. The van der Waals surface area contributed by atoms with Crippen LogP contribution in [0.4, 0.5) is 5.69 Å². The molecule has 0 aliphatic heterocycles. The fourth-order valence-corrected chi connectivity index (χ4v) is 5.91. The molecule has 0 saturated heterocycles. The van der Waals surface area contributed by atoms with Gasteiger partial charge in [0, 0.05) is 13.1 Å². The fraction of sp³-hybridized carbons (Fsp3) is 0.333. The zero-order valence-electron chi connectivity index (χ0n) is 23.7. The topological polar surface area (TPSA) is 96.0 Å². The number of rotatable bonds is 12. The number of amides is 2. The Morgan fingerprint density at radius 3 is 2.27 bits per heavy atom. The Balaban J connectivity index is 2.06. The number of ether oxygens (including phenoxy) is 1. The molecule has 1 atom stereocenters. The summed E-state index contributed by atoms with van der Waals surface area (Å²) < 4.78 is 34.1. The second-order valence-corrected chi connectivity index (χ2v) is 12.7. The van der Waals surface area contributed by atoms with Crippen LogP contribution >= 0.6 is 23.2 Å². The molecule has 11 heteroatoms. The van der Waals surface area contributed by atoms with Crippen LogP contribution in [-0.2, 0) is 26.2 Å². The lowest BCUT2D eigenvalue weighted by molar-refractivity contribution is -0.139. The molecular weight excluding hydrogens is 585 g/mol. The molecule has 0 aliphatic rings. The number of hydrogen-bond acceptors (Lipinski definition) is 5. The molecule has 0 unspecified atom stereocenters. The highest BCUT2D eigenvalue weighted by atomic mass is 35.5. The Bertz CT molecular complexity index is 1480. The van der Waals surface area contributed by atoms with Crippen LogP contribution in [0.5, 0.6) is 5.75 Å². The van der Waals surface area contributed by atoms with E-state index in [9.17, 15) is 18.0 Å². The number of methoxy groups -OCH3 is 1. The van der Waals surface area contributed by atoms with Gasteiger partial charge in [0.25, 0.3) is 10.0 Å². The van der Waals surface area contributed by atoms with E-state index >= 15 is 0 Å². The van der Waals surface area contributed by atoms with Crippen LogP contribution in [0.15, 0.2) is 71.6 Å². The van der Waals surface area contributed by atoms with Crippen LogP contribution in [0.25, 0.3) is 0 Å². The molecule has 8 nitrogen and oxygen atoms in total. The number of carbonyl (C=O) groups is 2. The van der Waals surface area contributed by atoms with Crippen molar-refractivity contribution in [1.82, 2.24) is 10.2 Å². The van der Waals surface area contributed by atoms with Gasteiger partial charge < -0.3 is 15.0 Å². The van der Waals surface area contributed by atoms with E-state index < -0.39 is 28.5 Å². The van der Waals surface area contributed by atoms with Crippen LogP contribution in [0.2, 0.25) is 10.0 Å². The molecule has 2 amide bonds. The molecule has 0 aliphatic carbocycles. The van der Waals surface area contributed by atoms with Crippen molar-refractivity contribution in [2.75, 3.05) is 24.5 Å². The zero-order valence-corrected chi connectivity index (χ0v) is 26.1. The number of anilines is 1. The van der Waals surface area contributed by atoms with Gasteiger partial charge in [0.05, 0.1) is 27.7 Å². The smallest absolute Gasteiger partial charge is 0.264 e. The molecule has 0 aromatic heterocycles. The summed E-state index contributed by atoms with van der Waals surface area (Å²) in [6.45, 7) is 7.22. The first-order valence-corrected chi connectivity index (χ1v) is 15.3. The SMILES string of the molecule is COc1cccc(CN(C(=O)CN(c2cccc(Cl)c2Cl)S(=O)(=O)c2ccc(C)cc2)[C@H](C)C(=O)NCC(C)C)c1.